The van der Waals surface area contributed by atoms with Crippen molar-refractivity contribution in [2.45, 2.75) is 0 Å². The molecular formula is C9H8N3O2. The lowest BCUT2D eigenvalue weighted by Gasteiger charge is -2.04. The summed E-state index contributed by atoms with van der Waals surface area (Å²) in [5.41, 5.74) is 4.06. The maximum Gasteiger partial charge on any atom is 0.426 e. The molecular weight excluding hydrogens is 182 g/mol. The molecule has 0 aliphatic heterocycles. The molecule has 0 saturated heterocycles. The molecule has 71 valence electrons. The smallest absolute Gasteiger partial charge is 0.426 e. The van der Waals surface area contributed by atoms with E-state index in [1.54, 1.807) is 18.2 Å². The maximum absolute atomic E-state index is 10.9. The van der Waals surface area contributed by atoms with Gasteiger partial charge in [0.15, 0.2) is 0 Å². The van der Waals surface area contributed by atoms with Gasteiger partial charge in [-0.2, -0.15) is 0 Å². The van der Waals surface area contributed by atoms with Crippen LogP contribution in [-0.2, 0) is 4.74 Å². The summed E-state index contributed by atoms with van der Waals surface area (Å²) in [5.74, 6) is 0. The number of benzene rings is 1. The zero-order chi connectivity index (χ0) is 9.97. The molecule has 0 atom stereocenters. The second-order valence-electron chi connectivity index (χ2n) is 2.63. The van der Waals surface area contributed by atoms with Crippen LogP contribution in [0.1, 0.15) is 0 Å². The molecule has 1 heterocycles. The number of carbonyl (C=O) groups excluding carboxylic acids is 1. The van der Waals surface area contributed by atoms with Crippen LogP contribution in [0.3, 0.4) is 0 Å². The molecule has 5 heteroatoms. The van der Waals surface area contributed by atoms with E-state index in [0.717, 1.165) is 11.0 Å². The first-order chi connectivity index (χ1) is 6.81. The highest BCUT2D eigenvalue weighted by molar-refractivity contribution is 5.81. The summed E-state index contributed by atoms with van der Waals surface area (Å²) >= 11 is 0. The Bertz CT molecular complexity index is 464. The van der Waals surface area contributed by atoms with Crippen LogP contribution < -0.4 is 5.43 Å². The minimum Gasteiger partial charge on any atom is -0.452 e. The Morgan fingerprint density at radius 2 is 2.57 bits per heavy atom. The Morgan fingerprint density at radius 1 is 1.71 bits per heavy atom. The van der Waals surface area contributed by atoms with Crippen LogP contribution in [0, 0.1) is 6.07 Å². The zero-order valence-corrected chi connectivity index (χ0v) is 7.52. The van der Waals surface area contributed by atoms with Crippen LogP contribution in [-0.4, -0.2) is 22.9 Å². The van der Waals surface area contributed by atoms with Crippen LogP contribution >= 0.6 is 0 Å². The topological polar surface area (TPSA) is 56.1 Å². The van der Waals surface area contributed by atoms with Crippen molar-refractivity contribution in [3.05, 3.63) is 30.6 Å². The van der Waals surface area contributed by atoms with Gasteiger partial charge >= 0.3 is 6.09 Å². The predicted molar refractivity (Wildman–Crippen MR) is 50.3 cm³/mol. The van der Waals surface area contributed by atoms with E-state index >= 15 is 0 Å². The van der Waals surface area contributed by atoms with Gasteiger partial charge in [0.2, 0.25) is 0 Å². The Morgan fingerprint density at radius 3 is 3.36 bits per heavy atom. The molecule has 0 aliphatic rings. The number of ether oxygens (including phenoxy) is 1. The fourth-order valence-corrected chi connectivity index (χ4v) is 1.14. The SMILES string of the molecule is COC(=O)Nn1cnc2c[c]ccc21. The second kappa shape index (κ2) is 3.37. The van der Waals surface area contributed by atoms with Crippen molar-refractivity contribution in [1.29, 1.82) is 0 Å². The number of aromatic nitrogens is 2. The first kappa shape index (κ1) is 8.55. The van der Waals surface area contributed by atoms with E-state index in [2.05, 4.69) is 21.2 Å². The average Bonchev–Trinajstić information content (AvgIpc) is 2.62. The van der Waals surface area contributed by atoms with Gasteiger partial charge in [0.25, 0.3) is 0 Å². The van der Waals surface area contributed by atoms with Gasteiger partial charge in [-0.25, -0.2) is 19.9 Å². The molecule has 0 unspecified atom stereocenters. The van der Waals surface area contributed by atoms with Crippen molar-refractivity contribution >= 4 is 17.1 Å². The third-order valence-corrected chi connectivity index (χ3v) is 1.79. The molecule has 1 radical (unpaired) electrons. The van der Waals surface area contributed by atoms with Crippen LogP contribution in [0.15, 0.2) is 24.5 Å². The quantitative estimate of drug-likeness (QED) is 0.733. The lowest BCUT2D eigenvalue weighted by molar-refractivity contribution is 0.183. The van der Waals surface area contributed by atoms with Crippen molar-refractivity contribution in [1.82, 2.24) is 9.66 Å². The number of imidazole rings is 1. The van der Waals surface area contributed by atoms with Crippen molar-refractivity contribution < 1.29 is 9.53 Å². The summed E-state index contributed by atoms with van der Waals surface area (Å²) < 4.78 is 5.96. The van der Waals surface area contributed by atoms with Crippen molar-refractivity contribution in [3.63, 3.8) is 0 Å². The lowest BCUT2D eigenvalue weighted by atomic mass is 10.3. The van der Waals surface area contributed by atoms with Gasteiger partial charge in [-0.05, 0) is 18.2 Å². The fraction of sp³-hybridized carbons (Fsp3) is 0.111. The molecule has 1 aromatic heterocycles. The monoisotopic (exact) mass is 190 g/mol. The van der Waals surface area contributed by atoms with Crippen molar-refractivity contribution in [3.8, 4) is 0 Å². The molecule has 1 aromatic carbocycles. The van der Waals surface area contributed by atoms with E-state index in [1.807, 2.05) is 0 Å². The molecule has 2 rings (SSSR count). The van der Waals surface area contributed by atoms with E-state index in [1.165, 1.54) is 18.1 Å². The number of amides is 1. The van der Waals surface area contributed by atoms with Crippen molar-refractivity contribution in [2.75, 3.05) is 12.5 Å². The van der Waals surface area contributed by atoms with Gasteiger partial charge in [-0.1, -0.05) is 6.07 Å². The number of nitrogens with zero attached hydrogens (tertiary/aromatic N) is 2. The molecule has 2 aromatic rings. The van der Waals surface area contributed by atoms with Gasteiger partial charge in [0.05, 0.1) is 18.1 Å². The number of rotatable bonds is 1. The van der Waals surface area contributed by atoms with E-state index in [4.69, 9.17) is 0 Å². The highest BCUT2D eigenvalue weighted by Gasteiger charge is 2.04. The van der Waals surface area contributed by atoms with Crippen molar-refractivity contribution in [2.24, 2.45) is 0 Å². The average molecular weight is 190 g/mol. The minimum atomic E-state index is -0.530. The van der Waals surface area contributed by atoms with Gasteiger partial charge < -0.3 is 4.74 Å². The van der Waals surface area contributed by atoms with Crippen LogP contribution in [0.5, 0.6) is 0 Å². The summed E-state index contributed by atoms with van der Waals surface area (Å²) in [4.78, 5) is 15.0. The van der Waals surface area contributed by atoms with Crippen LogP contribution in [0.2, 0.25) is 0 Å². The normalized spacial score (nSPS) is 10.1. The maximum atomic E-state index is 10.9. The standard InChI is InChI=1S/C9H8N3O2/c1-14-9(13)11-12-6-10-7-4-2-3-5-8(7)12/h3-6H,1H3,(H,11,13). The highest BCUT2D eigenvalue weighted by Crippen LogP contribution is 2.09. The van der Waals surface area contributed by atoms with Gasteiger partial charge in [-0.15, -0.1) is 0 Å². The number of nitrogens with one attached hydrogen (secondary N) is 1. The predicted octanol–water partition coefficient (Wildman–Crippen LogP) is 1.15. The lowest BCUT2D eigenvalue weighted by Crippen LogP contribution is -2.21. The first-order valence-corrected chi connectivity index (χ1v) is 3.99. The number of fused-ring (bicyclic) bond motifs is 1. The summed E-state index contributed by atoms with van der Waals surface area (Å²) in [7, 11) is 1.31. The highest BCUT2D eigenvalue weighted by atomic mass is 16.5. The Hall–Kier alpha value is -2.04. The van der Waals surface area contributed by atoms with Gasteiger partial charge in [-0.3, -0.25) is 0 Å². The largest absolute Gasteiger partial charge is 0.452 e. The first-order valence-electron chi connectivity index (χ1n) is 3.99. The molecule has 0 fully saturated rings. The van der Waals surface area contributed by atoms with E-state index in [-0.39, 0.29) is 0 Å². The summed E-state index contributed by atoms with van der Waals surface area (Å²) in [5, 5.41) is 0. The van der Waals surface area contributed by atoms with E-state index in [0.29, 0.717) is 0 Å². The minimum absolute atomic E-state index is 0.530. The van der Waals surface area contributed by atoms with Gasteiger partial charge in [0, 0.05) is 0 Å². The molecule has 0 bridgehead atoms. The Balaban J connectivity index is 2.38. The zero-order valence-electron chi connectivity index (χ0n) is 7.52. The Labute approximate surface area is 80.3 Å². The summed E-state index contributed by atoms with van der Waals surface area (Å²) in [6.45, 7) is 0. The van der Waals surface area contributed by atoms with Gasteiger partial charge in [0.1, 0.15) is 6.33 Å². The van der Waals surface area contributed by atoms with E-state index < -0.39 is 6.09 Å². The number of hydrogen-bond donors (Lipinski definition) is 1. The number of hydrogen-bond acceptors (Lipinski definition) is 3. The molecule has 5 nitrogen and oxygen atoms in total. The molecule has 1 amide bonds. The Kier molecular flexibility index (Phi) is 2.06. The third kappa shape index (κ3) is 1.39. The van der Waals surface area contributed by atoms with E-state index in [9.17, 15) is 4.79 Å². The summed E-state index contributed by atoms with van der Waals surface area (Å²) in [6.07, 6.45) is 0.979. The number of methoxy groups -OCH3 is 1. The van der Waals surface area contributed by atoms with Crippen LogP contribution in [0.4, 0.5) is 4.79 Å². The molecule has 14 heavy (non-hydrogen) atoms. The molecule has 1 N–H and O–H groups in total. The second-order valence-corrected chi connectivity index (χ2v) is 2.63. The number of carbonyl (C=O) groups is 1. The fourth-order valence-electron chi connectivity index (χ4n) is 1.14. The molecule has 0 spiro atoms. The summed E-state index contributed by atoms with van der Waals surface area (Å²) in [6, 6.07) is 8.19. The third-order valence-electron chi connectivity index (χ3n) is 1.79. The van der Waals surface area contributed by atoms with Crippen LogP contribution in [0.25, 0.3) is 11.0 Å². The molecule has 0 aliphatic carbocycles. The molecule has 0 saturated carbocycles.